The maximum absolute atomic E-state index is 3.80. The summed E-state index contributed by atoms with van der Waals surface area (Å²) in [7, 11) is 0. The van der Waals surface area contributed by atoms with Crippen LogP contribution in [0.2, 0.25) is 0 Å². The molecule has 1 aliphatic rings. The van der Waals surface area contributed by atoms with Crippen molar-refractivity contribution >= 4 is 5.69 Å². The molecule has 2 heterocycles. The third-order valence-electron chi connectivity index (χ3n) is 2.75. The predicted octanol–water partition coefficient (Wildman–Crippen LogP) is 1.63. The first kappa shape index (κ1) is 8.47. The first-order valence-corrected chi connectivity index (χ1v) is 5.15. The van der Waals surface area contributed by atoms with E-state index in [-0.39, 0.29) is 0 Å². The number of aryl methyl sites for hydroxylation is 1. The maximum Gasteiger partial charge on any atom is 0.123 e. The van der Waals surface area contributed by atoms with Gasteiger partial charge in [0, 0.05) is 12.2 Å². The Bertz CT molecular complexity index is 461. The summed E-state index contributed by atoms with van der Waals surface area (Å²) < 4.78 is 1.91. The lowest BCUT2D eigenvalue weighted by atomic mass is 10.0. The summed E-state index contributed by atoms with van der Waals surface area (Å²) in [6.45, 7) is 1.07. The number of aromatic nitrogens is 3. The average molecular weight is 200 g/mol. The van der Waals surface area contributed by atoms with E-state index in [0.717, 1.165) is 12.2 Å². The van der Waals surface area contributed by atoms with Gasteiger partial charge in [-0.15, -0.1) is 10.2 Å². The Morgan fingerprint density at radius 2 is 2.07 bits per heavy atom. The first-order valence-electron chi connectivity index (χ1n) is 5.15. The fourth-order valence-electron chi connectivity index (χ4n) is 1.94. The van der Waals surface area contributed by atoms with Crippen LogP contribution in [-0.2, 0) is 6.42 Å². The van der Waals surface area contributed by atoms with Crippen LogP contribution in [0.4, 0.5) is 5.69 Å². The molecule has 0 unspecified atom stereocenters. The molecule has 0 amide bonds. The summed E-state index contributed by atoms with van der Waals surface area (Å²) in [5, 5.41) is 11.0. The second-order valence-electron chi connectivity index (χ2n) is 3.74. The van der Waals surface area contributed by atoms with E-state index in [1.807, 2.05) is 4.57 Å². The van der Waals surface area contributed by atoms with E-state index >= 15 is 0 Å². The van der Waals surface area contributed by atoms with Crippen molar-refractivity contribution in [2.75, 3.05) is 11.9 Å². The summed E-state index contributed by atoms with van der Waals surface area (Å²) >= 11 is 0. The summed E-state index contributed by atoms with van der Waals surface area (Å²) in [4.78, 5) is 0. The van der Waals surface area contributed by atoms with Crippen molar-refractivity contribution in [1.29, 1.82) is 0 Å². The van der Waals surface area contributed by atoms with Gasteiger partial charge in [-0.25, -0.2) is 0 Å². The molecular weight excluding hydrogens is 188 g/mol. The standard InChI is InChI=1S/C11H12N4/c1-2-9-3-4-10(6-11(9)12-5-1)15-7-13-14-8-15/h3-4,6-8,12H,1-2,5H2. The van der Waals surface area contributed by atoms with Gasteiger partial charge in [0.1, 0.15) is 12.7 Å². The number of rotatable bonds is 1. The van der Waals surface area contributed by atoms with Gasteiger partial charge >= 0.3 is 0 Å². The predicted molar refractivity (Wildman–Crippen MR) is 58.2 cm³/mol. The summed E-state index contributed by atoms with van der Waals surface area (Å²) in [5.74, 6) is 0. The monoisotopic (exact) mass is 200 g/mol. The Hall–Kier alpha value is -1.84. The zero-order valence-electron chi connectivity index (χ0n) is 8.35. The van der Waals surface area contributed by atoms with E-state index in [2.05, 4.69) is 33.7 Å². The minimum absolute atomic E-state index is 1.07. The number of hydrogen-bond acceptors (Lipinski definition) is 3. The van der Waals surface area contributed by atoms with E-state index in [0.29, 0.717) is 0 Å². The number of anilines is 1. The van der Waals surface area contributed by atoms with Crippen LogP contribution >= 0.6 is 0 Å². The molecule has 3 rings (SSSR count). The van der Waals surface area contributed by atoms with Crippen LogP contribution in [0.1, 0.15) is 12.0 Å². The fraction of sp³-hybridized carbons (Fsp3) is 0.273. The van der Waals surface area contributed by atoms with Gasteiger partial charge in [0.2, 0.25) is 0 Å². The highest BCUT2D eigenvalue weighted by molar-refractivity contribution is 5.58. The highest BCUT2D eigenvalue weighted by atomic mass is 15.2. The van der Waals surface area contributed by atoms with E-state index in [1.54, 1.807) is 12.7 Å². The molecule has 0 saturated carbocycles. The average Bonchev–Trinajstić information content (AvgIpc) is 2.82. The molecule has 2 aromatic rings. The van der Waals surface area contributed by atoms with Crippen LogP contribution in [0.15, 0.2) is 30.9 Å². The minimum atomic E-state index is 1.07. The third-order valence-corrected chi connectivity index (χ3v) is 2.75. The summed E-state index contributed by atoms with van der Waals surface area (Å²) in [6.07, 6.45) is 5.82. The number of fused-ring (bicyclic) bond motifs is 1. The van der Waals surface area contributed by atoms with Crippen molar-refractivity contribution in [2.45, 2.75) is 12.8 Å². The van der Waals surface area contributed by atoms with E-state index in [1.165, 1.54) is 24.1 Å². The molecule has 0 radical (unpaired) electrons. The van der Waals surface area contributed by atoms with Gasteiger partial charge in [0.15, 0.2) is 0 Å². The SMILES string of the molecule is c1cc2c(cc1-n1cnnc1)NCCC2. The molecule has 1 aromatic heterocycles. The van der Waals surface area contributed by atoms with Crippen LogP contribution in [0.3, 0.4) is 0 Å². The topological polar surface area (TPSA) is 42.7 Å². The van der Waals surface area contributed by atoms with Crippen molar-refractivity contribution in [2.24, 2.45) is 0 Å². The van der Waals surface area contributed by atoms with Gasteiger partial charge in [0.25, 0.3) is 0 Å². The third kappa shape index (κ3) is 1.48. The molecule has 0 spiro atoms. The molecule has 76 valence electrons. The number of nitrogens with one attached hydrogen (secondary N) is 1. The van der Waals surface area contributed by atoms with Crippen LogP contribution in [0.5, 0.6) is 0 Å². The van der Waals surface area contributed by atoms with Gasteiger partial charge in [0.05, 0.1) is 5.69 Å². The lowest BCUT2D eigenvalue weighted by Gasteiger charge is -2.18. The zero-order valence-corrected chi connectivity index (χ0v) is 8.35. The molecule has 0 atom stereocenters. The second-order valence-corrected chi connectivity index (χ2v) is 3.74. The van der Waals surface area contributed by atoms with Gasteiger partial charge in [-0.05, 0) is 30.5 Å². The van der Waals surface area contributed by atoms with Gasteiger partial charge in [-0.2, -0.15) is 0 Å². The molecular formula is C11H12N4. The zero-order chi connectivity index (χ0) is 10.1. The minimum Gasteiger partial charge on any atom is -0.385 e. The highest BCUT2D eigenvalue weighted by Crippen LogP contribution is 2.24. The summed E-state index contributed by atoms with van der Waals surface area (Å²) in [5.41, 5.74) is 3.75. The molecule has 15 heavy (non-hydrogen) atoms. The van der Waals surface area contributed by atoms with E-state index in [4.69, 9.17) is 0 Å². The van der Waals surface area contributed by atoms with Crippen LogP contribution in [0.25, 0.3) is 5.69 Å². The molecule has 4 nitrogen and oxygen atoms in total. The van der Waals surface area contributed by atoms with E-state index < -0.39 is 0 Å². The van der Waals surface area contributed by atoms with Gasteiger partial charge < -0.3 is 5.32 Å². The molecule has 1 N–H and O–H groups in total. The molecule has 4 heteroatoms. The summed E-state index contributed by atoms with van der Waals surface area (Å²) in [6, 6.07) is 6.43. The number of nitrogens with zero attached hydrogens (tertiary/aromatic N) is 3. The molecule has 0 bridgehead atoms. The van der Waals surface area contributed by atoms with Gasteiger partial charge in [-0.3, -0.25) is 4.57 Å². The number of hydrogen-bond donors (Lipinski definition) is 1. The lowest BCUT2D eigenvalue weighted by Crippen LogP contribution is -2.11. The molecule has 0 aliphatic carbocycles. The molecule has 0 saturated heterocycles. The van der Waals surface area contributed by atoms with Crippen LogP contribution in [-0.4, -0.2) is 21.3 Å². The lowest BCUT2D eigenvalue weighted by molar-refractivity contribution is 0.829. The first-order chi connectivity index (χ1) is 7.43. The maximum atomic E-state index is 3.80. The van der Waals surface area contributed by atoms with Crippen LogP contribution in [0, 0.1) is 0 Å². The molecule has 0 fully saturated rings. The van der Waals surface area contributed by atoms with Crippen molar-refractivity contribution in [3.8, 4) is 5.69 Å². The number of benzene rings is 1. The van der Waals surface area contributed by atoms with Gasteiger partial charge in [-0.1, -0.05) is 6.07 Å². The second kappa shape index (κ2) is 3.38. The largest absolute Gasteiger partial charge is 0.385 e. The Labute approximate surface area is 88.0 Å². The Kier molecular flexibility index (Phi) is 1.91. The quantitative estimate of drug-likeness (QED) is 0.760. The van der Waals surface area contributed by atoms with Crippen molar-refractivity contribution in [3.63, 3.8) is 0 Å². The molecule has 1 aliphatic heterocycles. The van der Waals surface area contributed by atoms with Crippen molar-refractivity contribution < 1.29 is 0 Å². The van der Waals surface area contributed by atoms with Crippen molar-refractivity contribution in [3.05, 3.63) is 36.4 Å². The highest BCUT2D eigenvalue weighted by Gasteiger charge is 2.08. The fourth-order valence-corrected chi connectivity index (χ4v) is 1.94. The molecule has 1 aromatic carbocycles. The Balaban J connectivity index is 2.04. The Morgan fingerprint density at radius 3 is 2.93 bits per heavy atom. The normalized spacial score (nSPS) is 14.4. The Morgan fingerprint density at radius 1 is 1.20 bits per heavy atom. The van der Waals surface area contributed by atoms with Crippen molar-refractivity contribution in [1.82, 2.24) is 14.8 Å². The smallest absolute Gasteiger partial charge is 0.123 e. The van der Waals surface area contributed by atoms with E-state index in [9.17, 15) is 0 Å². The van der Waals surface area contributed by atoms with Crippen LogP contribution < -0.4 is 5.32 Å².